The Morgan fingerprint density at radius 1 is 1.56 bits per heavy atom. The molecule has 1 aromatic rings. The highest BCUT2D eigenvalue weighted by Crippen LogP contribution is 2.22. The number of carboxylic acids is 1. The minimum Gasteiger partial charge on any atom is -0.478 e. The molecular formula is C13H18N2O3. The van der Waals surface area contributed by atoms with Crippen LogP contribution in [-0.2, 0) is 4.74 Å². The van der Waals surface area contributed by atoms with Crippen molar-refractivity contribution in [1.82, 2.24) is 4.98 Å². The first-order valence-electron chi connectivity index (χ1n) is 6.10. The molecule has 0 bridgehead atoms. The third-order valence-electron chi connectivity index (χ3n) is 2.93. The normalized spacial score (nSPS) is 15.5. The van der Waals surface area contributed by atoms with E-state index < -0.39 is 5.97 Å². The van der Waals surface area contributed by atoms with Crippen LogP contribution >= 0.6 is 0 Å². The molecule has 0 unspecified atom stereocenters. The number of hydrogen-bond donors (Lipinski definition) is 1. The smallest absolute Gasteiger partial charge is 0.337 e. The van der Waals surface area contributed by atoms with Crippen LogP contribution in [0.5, 0.6) is 0 Å². The first kappa shape index (κ1) is 12.8. The van der Waals surface area contributed by atoms with Gasteiger partial charge in [0.2, 0.25) is 0 Å². The maximum absolute atomic E-state index is 11.0. The van der Waals surface area contributed by atoms with E-state index in [0.717, 1.165) is 12.2 Å². The summed E-state index contributed by atoms with van der Waals surface area (Å²) in [6.45, 7) is 6.55. The van der Waals surface area contributed by atoms with Crippen molar-refractivity contribution in [2.45, 2.75) is 19.9 Å². The van der Waals surface area contributed by atoms with E-state index in [9.17, 15) is 4.79 Å². The van der Waals surface area contributed by atoms with Crippen molar-refractivity contribution in [3.8, 4) is 0 Å². The molecule has 0 aromatic carbocycles. The molecule has 1 saturated heterocycles. The van der Waals surface area contributed by atoms with Crippen molar-refractivity contribution in [3.63, 3.8) is 0 Å². The average molecular weight is 250 g/mol. The molecule has 0 atom stereocenters. The Labute approximate surface area is 106 Å². The first-order valence-corrected chi connectivity index (χ1v) is 6.10. The molecule has 0 radical (unpaired) electrons. The van der Waals surface area contributed by atoms with Crippen molar-refractivity contribution in [3.05, 3.63) is 24.0 Å². The third-order valence-corrected chi connectivity index (χ3v) is 2.93. The highest BCUT2D eigenvalue weighted by atomic mass is 16.5. The summed E-state index contributed by atoms with van der Waals surface area (Å²) in [6.07, 6.45) is 3.09. The molecule has 0 saturated carbocycles. The van der Waals surface area contributed by atoms with Crippen molar-refractivity contribution in [2.24, 2.45) is 5.92 Å². The van der Waals surface area contributed by atoms with Gasteiger partial charge in [0.25, 0.3) is 0 Å². The van der Waals surface area contributed by atoms with E-state index in [-0.39, 0.29) is 5.56 Å². The zero-order valence-corrected chi connectivity index (χ0v) is 10.7. The van der Waals surface area contributed by atoms with Crippen molar-refractivity contribution in [2.75, 3.05) is 24.7 Å². The molecule has 5 nitrogen and oxygen atoms in total. The Kier molecular flexibility index (Phi) is 3.81. The number of aromatic carboxylic acids is 1. The van der Waals surface area contributed by atoms with Gasteiger partial charge in [0.05, 0.1) is 36.7 Å². The van der Waals surface area contributed by atoms with Crippen LogP contribution in [0.15, 0.2) is 18.5 Å². The van der Waals surface area contributed by atoms with Gasteiger partial charge < -0.3 is 14.7 Å². The van der Waals surface area contributed by atoms with E-state index in [0.29, 0.717) is 25.2 Å². The van der Waals surface area contributed by atoms with Gasteiger partial charge in [0.15, 0.2) is 0 Å². The average Bonchev–Trinajstić information content (AvgIpc) is 2.25. The quantitative estimate of drug-likeness (QED) is 0.860. The summed E-state index contributed by atoms with van der Waals surface area (Å²) in [4.78, 5) is 17.2. The van der Waals surface area contributed by atoms with Crippen molar-refractivity contribution < 1.29 is 14.6 Å². The molecule has 5 heteroatoms. The Balaban J connectivity index is 2.23. The summed E-state index contributed by atoms with van der Waals surface area (Å²) in [5.41, 5.74) is 1.08. The summed E-state index contributed by atoms with van der Waals surface area (Å²) < 4.78 is 5.22. The molecule has 0 amide bonds. The minimum atomic E-state index is -0.946. The Morgan fingerprint density at radius 2 is 2.28 bits per heavy atom. The fourth-order valence-electron chi connectivity index (χ4n) is 1.96. The number of rotatable bonds is 5. The van der Waals surface area contributed by atoms with Gasteiger partial charge >= 0.3 is 5.97 Å². The van der Waals surface area contributed by atoms with Gasteiger partial charge in [-0.3, -0.25) is 4.98 Å². The second-order valence-corrected chi connectivity index (χ2v) is 4.97. The lowest BCUT2D eigenvalue weighted by atomic mass is 10.1. The summed E-state index contributed by atoms with van der Waals surface area (Å²) >= 11 is 0. The number of carbonyl (C=O) groups is 1. The zero-order valence-electron chi connectivity index (χ0n) is 10.7. The number of nitrogens with zero attached hydrogens (tertiary/aromatic N) is 2. The molecule has 1 aliphatic rings. The second kappa shape index (κ2) is 5.35. The van der Waals surface area contributed by atoms with Crippen LogP contribution < -0.4 is 4.90 Å². The maximum Gasteiger partial charge on any atom is 0.337 e. The van der Waals surface area contributed by atoms with Crippen LogP contribution in [0, 0.1) is 5.92 Å². The van der Waals surface area contributed by atoms with E-state index in [2.05, 4.69) is 23.7 Å². The van der Waals surface area contributed by atoms with Crippen LogP contribution in [-0.4, -0.2) is 41.9 Å². The minimum absolute atomic E-state index is 0.224. The molecule has 1 N–H and O–H groups in total. The third kappa shape index (κ3) is 2.79. The molecular weight excluding hydrogens is 232 g/mol. The lowest BCUT2D eigenvalue weighted by Gasteiger charge is -2.39. The highest BCUT2D eigenvalue weighted by molar-refractivity contribution is 5.88. The summed E-state index contributed by atoms with van der Waals surface area (Å²) in [5.74, 6) is -0.446. The lowest BCUT2D eigenvalue weighted by Crippen LogP contribution is -2.50. The summed E-state index contributed by atoms with van der Waals surface area (Å²) in [7, 11) is 0. The van der Waals surface area contributed by atoms with Crippen LogP contribution in [0.25, 0.3) is 0 Å². The Bertz CT molecular complexity index is 430. The van der Waals surface area contributed by atoms with Crippen LogP contribution in [0.3, 0.4) is 0 Å². The van der Waals surface area contributed by atoms with E-state index in [1.807, 2.05) is 0 Å². The highest BCUT2D eigenvalue weighted by Gasteiger charge is 2.27. The number of aromatic nitrogens is 1. The molecule has 18 heavy (non-hydrogen) atoms. The van der Waals surface area contributed by atoms with Gasteiger partial charge in [-0.05, 0) is 12.0 Å². The van der Waals surface area contributed by atoms with Gasteiger partial charge in [-0.2, -0.15) is 0 Å². The fourth-order valence-corrected chi connectivity index (χ4v) is 1.96. The number of pyridine rings is 1. The second-order valence-electron chi connectivity index (χ2n) is 4.97. The largest absolute Gasteiger partial charge is 0.478 e. The fraction of sp³-hybridized carbons (Fsp3) is 0.538. The molecule has 0 aliphatic carbocycles. The summed E-state index contributed by atoms with van der Waals surface area (Å²) in [6, 6.07) is 2.01. The van der Waals surface area contributed by atoms with Crippen LogP contribution in [0.1, 0.15) is 24.2 Å². The first-order chi connectivity index (χ1) is 8.58. The Hall–Kier alpha value is -1.62. The molecule has 2 rings (SSSR count). The van der Waals surface area contributed by atoms with Crippen molar-refractivity contribution in [1.29, 1.82) is 0 Å². The van der Waals surface area contributed by atoms with E-state index in [1.54, 1.807) is 12.3 Å². The lowest BCUT2D eigenvalue weighted by molar-refractivity contribution is 0.00726. The number of anilines is 1. The Morgan fingerprint density at radius 3 is 2.78 bits per heavy atom. The zero-order chi connectivity index (χ0) is 13.1. The summed E-state index contributed by atoms with van der Waals surface area (Å²) in [5, 5.41) is 9.00. The predicted octanol–water partition coefficient (Wildman–Crippen LogP) is 1.64. The molecule has 1 aromatic heterocycles. The molecule has 0 spiro atoms. The molecule has 1 aliphatic heterocycles. The number of hydrogen-bond acceptors (Lipinski definition) is 4. The van der Waals surface area contributed by atoms with E-state index in [4.69, 9.17) is 9.84 Å². The molecule has 98 valence electrons. The van der Waals surface area contributed by atoms with Gasteiger partial charge in [-0.1, -0.05) is 13.8 Å². The van der Waals surface area contributed by atoms with Crippen LogP contribution in [0.4, 0.5) is 5.69 Å². The van der Waals surface area contributed by atoms with Gasteiger partial charge in [0, 0.05) is 12.7 Å². The monoisotopic (exact) mass is 250 g/mol. The topological polar surface area (TPSA) is 62.7 Å². The van der Waals surface area contributed by atoms with Crippen LogP contribution in [0.2, 0.25) is 0 Å². The number of carboxylic acid groups (broad SMARTS) is 1. The van der Waals surface area contributed by atoms with E-state index >= 15 is 0 Å². The molecule has 2 heterocycles. The van der Waals surface area contributed by atoms with Gasteiger partial charge in [0.1, 0.15) is 0 Å². The van der Waals surface area contributed by atoms with Gasteiger partial charge in [-0.15, -0.1) is 0 Å². The molecule has 1 fully saturated rings. The van der Waals surface area contributed by atoms with Crippen molar-refractivity contribution >= 4 is 11.7 Å². The maximum atomic E-state index is 11.0. The predicted molar refractivity (Wildman–Crippen MR) is 68.0 cm³/mol. The van der Waals surface area contributed by atoms with E-state index in [1.165, 1.54) is 6.20 Å². The SMILES string of the molecule is CC(C)CN(c1cncc(C(=O)O)c1)C1COC1. The standard InChI is InChI=1S/C13H18N2O3/c1-9(2)6-15(12-7-18-8-12)11-3-10(13(16)17)4-14-5-11/h3-5,9,12H,6-8H2,1-2H3,(H,16,17). The van der Waals surface area contributed by atoms with Gasteiger partial charge in [-0.25, -0.2) is 4.79 Å². The number of ether oxygens (including phenoxy) is 1.